The molecule has 0 N–H and O–H groups in total. The molecule has 0 aliphatic carbocycles. The van der Waals surface area contributed by atoms with Crippen LogP contribution in [0.4, 0.5) is 0 Å². The highest BCUT2D eigenvalue weighted by atomic mass is 79.9. The molecule has 94 valence electrons. The molecule has 0 atom stereocenters. The van der Waals surface area contributed by atoms with Crippen LogP contribution in [-0.2, 0) is 0 Å². The second-order valence-electron chi connectivity index (χ2n) is 3.24. The van der Waals surface area contributed by atoms with Crippen LogP contribution in [0.15, 0.2) is 25.6 Å². The molecule has 0 fully saturated rings. The average molecular weight is 446 g/mol. The van der Waals surface area contributed by atoms with Crippen LogP contribution >= 0.6 is 60.0 Å². The lowest BCUT2D eigenvalue weighted by Gasteiger charge is -2.22. The van der Waals surface area contributed by atoms with Crippen LogP contribution in [0.5, 0.6) is 5.75 Å². The van der Waals surface area contributed by atoms with Gasteiger partial charge in [0.15, 0.2) is 5.75 Å². The lowest BCUT2D eigenvalue weighted by molar-refractivity contribution is 0.377. The van der Waals surface area contributed by atoms with Gasteiger partial charge in [-0.3, -0.25) is 0 Å². The molecule has 0 saturated heterocycles. The average Bonchev–Trinajstić information content (AvgIpc) is 2.25. The third-order valence-electron chi connectivity index (χ3n) is 2.17. The number of halogens is 3. The number of rotatable bonds is 3. The van der Waals surface area contributed by atoms with Crippen LogP contribution in [0.1, 0.15) is 13.8 Å². The number of hydrogen-bond acceptors (Lipinski definition) is 2. The second-order valence-corrected chi connectivity index (χ2v) is 6.21. The van der Waals surface area contributed by atoms with Crippen molar-refractivity contribution >= 4 is 65.2 Å². The van der Waals surface area contributed by atoms with Crippen LogP contribution in [0, 0.1) is 0 Å². The van der Waals surface area contributed by atoms with Gasteiger partial charge >= 0.3 is 0 Å². The van der Waals surface area contributed by atoms with Gasteiger partial charge in [0.2, 0.25) is 0 Å². The molecule has 0 aromatic heterocycles. The van der Waals surface area contributed by atoms with E-state index in [4.69, 9.17) is 17.0 Å². The van der Waals surface area contributed by atoms with Crippen molar-refractivity contribution in [2.45, 2.75) is 13.8 Å². The minimum Gasteiger partial charge on any atom is -0.429 e. The molecule has 0 saturated carbocycles. The van der Waals surface area contributed by atoms with Crippen LogP contribution in [0.2, 0.25) is 0 Å². The van der Waals surface area contributed by atoms with Gasteiger partial charge in [-0.15, -0.1) is 0 Å². The van der Waals surface area contributed by atoms with E-state index in [1.54, 1.807) is 0 Å². The smallest absolute Gasteiger partial charge is 0.264 e. The number of benzene rings is 1. The molecule has 0 aliphatic heterocycles. The molecule has 0 unspecified atom stereocenters. The summed E-state index contributed by atoms with van der Waals surface area (Å²) < 4.78 is 8.40. The summed E-state index contributed by atoms with van der Waals surface area (Å²) in [4.78, 5) is 1.98. The summed E-state index contributed by atoms with van der Waals surface area (Å²) in [5, 5.41) is 0.485. The maximum atomic E-state index is 5.72. The number of hydrogen-bond donors (Lipinski definition) is 0. The van der Waals surface area contributed by atoms with Gasteiger partial charge in [-0.05, 0) is 70.1 Å². The third-order valence-corrected chi connectivity index (χ3v) is 4.15. The first kappa shape index (κ1) is 15.4. The SMILES string of the molecule is CCN(CC)C(=S)Oc1c(Br)cc(Br)cc1Br. The van der Waals surface area contributed by atoms with E-state index in [1.165, 1.54) is 0 Å². The van der Waals surface area contributed by atoms with Crippen LogP contribution in [0.25, 0.3) is 0 Å². The Kier molecular flexibility index (Phi) is 6.40. The lowest BCUT2D eigenvalue weighted by Crippen LogP contribution is -2.32. The summed E-state index contributed by atoms with van der Waals surface area (Å²) in [6, 6.07) is 3.84. The van der Waals surface area contributed by atoms with Crippen molar-refractivity contribution in [3.05, 3.63) is 25.6 Å². The first-order chi connectivity index (χ1) is 7.99. The van der Waals surface area contributed by atoms with Gasteiger partial charge in [0.05, 0.1) is 8.95 Å². The van der Waals surface area contributed by atoms with E-state index in [9.17, 15) is 0 Å². The Morgan fingerprint density at radius 3 is 2.06 bits per heavy atom. The molecule has 17 heavy (non-hydrogen) atoms. The predicted molar refractivity (Wildman–Crippen MR) is 85.7 cm³/mol. The topological polar surface area (TPSA) is 12.5 Å². The zero-order valence-electron chi connectivity index (χ0n) is 9.47. The molecule has 1 aromatic rings. The Labute approximate surface area is 132 Å². The van der Waals surface area contributed by atoms with E-state index in [-0.39, 0.29) is 0 Å². The lowest BCUT2D eigenvalue weighted by atomic mass is 10.3. The van der Waals surface area contributed by atoms with Crippen molar-refractivity contribution in [3.63, 3.8) is 0 Å². The van der Waals surface area contributed by atoms with E-state index in [0.717, 1.165) is 26.5 Å². The Hall–Kier alpha value is 0.350. The third kappa shape index (κ3) is 4.19. The molecular weight excluding hydrogens is 434 g/mol. The van der Waals surface area contributed by atoms with Gasteiger partial charge in [-0.2, -0.15) is 0 Å². The van der Waals surface area contributed by atoms with Crippen molar-refractivity contribution in [2.24, 2.45) is 0 Å². The molecule has 0 heterocycles. The minimum atomic E-state index is 0.485. The van der Waals surface area contributed by atoms with Crippen molar-refractivity contribution in [1.29, 1.82) is 0 Å². The summed E-state index contributed by atoms with van der Waals surface area (Å²) >= 11 is 15.6. The summed E-state index contributed by atoms with van der Waals surface area (Å²) in [7, 11) is 0. The van der Waals surface area contributed by atoms with Crippen LogP contribution < -0.4 is 4.74 Å². The highest BCUT2D eigenvalue weighted by Gasteiger charge is 2.13. The van der Waals surface area contributed by atoms with Gasteiger partial charge < -0.3 is 9.64 Å². The first-order valence-corrected chi connectivity index (χ1v) is 7.89. The molecule has 0 aliphatic rings. The van der Waals surface area contributed by atoms with Gasteiger partial charge in [-0.25, -0.2) is 0 Å². The van der Waals surface area contributed by atoms with E-state index < -0.39 is 0 Å². The normalized spacial score (nSPS) is 10.2. The van der Waals surface area contributed by atoms with Gasteiger partial charge in [0, 0.05) is 17.6 Å². The summed E-state index contributed by atoms with van der Waals surface area (Å²) in [6.07, 6.45) is 0. The highest BCUT2D eigenvalue weighted by molar-refractivity contribution is 9.11. The summed E-state index contributed by atoms with van der Waals surface area (Å²) in [6.45, 7) is 5.76. The van der Waals surface area contributed by atoms with Crippen molar-refractivity contribution in [1.82, 2.24) is 4.90 Å². The molecule has 0 amide bonds. The highest BCUT2D eigenvalue weighted by Crippen LogP contribution is 2.36. The maximum Gasteiger partial charge on any atom is 0.264 e. The van der Waals surface area contributed by atoms with Gasteiger partial charge in [0.25, 0.3) is 5.17 Å². The fraction of sp³-hybridized carbons (Fsp3) is 0.364. The van der Waals surface area contributed by atoms with E-state index in [0.29, 0.717) is 10.9 Å². The molecule has 1 aromatic carbocycles. The van der Waals surface area contributed by atoms with Gasteiger partial charge in [0.1, 0.15) is 0 Å². The quantitative estimate of drug-likeness (QED) is 0.609. The number of ether oxygens (including phenoxy) is 1. The molecule has 6 heteroatoms. The van der Waals surface area contributed by atoms with Gasteiger partial charge in [-0.1, -0.05) is 15.9 Å². The zero-order chi connectivity index (χ0) is 13.0. The zero-order valence-corrected chi connectivity index (χ0v) is 15.0. The molecule has 2 nitrogen and oxygen atoms in total. The molecule has 1 rings (SSSR count). The van der Waals surface area contributed by atoms with Crippen molar-refractivity contribution in [2.75, 3.05) is 13.1 Å². The predicted octanol–water partition coefficient (Wildman–Crippen LogP) is 4.98. The fourth-order valence-electron chi connectivity index (χ4n) is 1.26. The Morgan fingerprint density at radius 1 is 1.18 bits per heavy atom. The van der Waals surface area contributed by atoms with Crippen LogP contribution in [0.3, 0.4) is 0 Å². The van der Waals surface area contributed by atoms with Crippen LogP contribution in [-0.4, -0.2) is 23.2 Å². The second kappa shape index (κ2) is 7.07. The molecule has 0 spiro atoms. The number of nitrogens with zero attached hydrogens (tertiary/aromatic N) is 1. The fourth-order valence-corrected chi connectivity index (χ4v) is 4.02. The summed E-state index contributed by atoms with van der Waals surface area (Å²) in [5.41, 5.74) is 0. The van der Waals surface area contributed by atoms with E-state index in [2.05, 4.69) is 47.8 Å². The standard InChI is InChI=1S/C11H12Br3NOS/c1-3-15(4-2)11(17)16-10-8(13)5-7(12)6-9(10)14/h5-6H,3-4H2,1-2H3. The van der Waals surface area contributed by atoms with E-state index >= 15 is 0 Å². The summed E-state index contributed by atoms with van der Waals surface area (Å²) in [5.74, 6) is 0.699. The Morgan fingerprint density at radius 2 is 1.65 bits per heavy atom. The number of thiocarbonyl (C=S) groups is 1. The minimum absolute atomic E-state index is 0.485. The Balaban J connectivity index is 2.92. The first-order valence-electron chi connectivity index (χ1n) is 5.10. The largest absolute Gasteiger partial charge is 0.429 e. The van der Waals surface area contributed by atoms with E-state index in [1.807, 2.05) is 30.9 Å². The van der Waals surface area contributed by atoms with Crippen molar-refractivity contribution in [3.8, 4) is 5.75 Å². The maximum absolute atomic E-state index is 5.72. The Bertz CT molecular complexity index is 398. The molecule has 0 radical (unpaired) electrons. The molecule has 0 bridgehead atoms. The monoisotopic (exact) mass is 443 g/mol. The molecular formula is C11H12Br3NOS. The van der Waals surface area contributed by atoms with Crippen molar-refractivity contribution < 1.29 is 4.74 Å².